The van der Waals surface area contributed by atoms with Gasteiger partial charge in [-0.05, 0) is 44.4 Å². The van der Waals surface area contributed by atoms with Gasteiger partial charge in [0, 0.05) is 19.6 Å². The van der Waals surface area contributed by atoms with E-state index in [9.17, 15) is 0 Å². The normalized spacial score (nSPS) is 20.8. The Morgan fingerprint density at radius 3 is 3.00 bits per heavy atom. The molecule has 0 aromatic rings. The lowest BCUT2D eigenvalue weighted by Gasteiger charge is -2.12. The molecule has 0 amide bonds. The third-order valence-corrected chi connectivity index (χ3v) is 3.84. The van der Waals surface area contributed by atoms with Gasteiger partial charge in [0.1, 0.15) is 0 Å². The Hall–Kier alpha value is -0.270. The molecule has 1 unspecified atom stereocenters. The lowest BCUT2D eigenvalue weighted by atomic mass is 9.94. The summed E-state index contributed by atoms with van der Waals surface area (Å²) in [6, 6.07) is 0. The van der Waals surface area contributed by atoms with Crippen molar-refractivity contribution in [2.75, 3.05) is 19.6 Å². The highest BCUT2D eigenvalue weighted by Crippen LogP contribution is 2.27. The SMILES string of the molecule is C=C(CCOC)CCC1C=C(CCl)CCCC1. The van der Waals surface area contributed by atoms with E-state index >= 15 is 0 Å². The Kier molecular flexibility index (Phi) is 7.63. The predicted molar refractivity (Wildman–Crippen MR) is 75.6 cm³/mol. The summed E-state index contributed by atoms with van der Waals surface area (Å²) in [5, 5.41) is 0. The Balaban J connectivity index is 2.31. The van der Waals surface area contributed by atoms with Crippen LogP contribution in [0.15, 0.2) is 23.8 Å². The molecule has 2 heteroatoms. The smallest absolute Gasteiger partial charge is 0.0499 e. The average molecular weight is 257 g/mol. The van der Waals surface area contributed by atoms with E-state index in [4.69, 9.17) is 16.3 Å². The summed E-state index contributed by atoms with van der Waals surface area (Å²) in [4.78, 5) is 0. The van der Waals surface area contributed by atoms with Crippen LogP contribution in [0.25, 0.3) is 0 Å². The summed E-state index contributed by atoms with van der Waals surface area (Å²) in [6.07, 6.45) is 10.9. The van der Waals surface area contributed by atoms with Crippen LogP contribution < -0.4 is 0 Å². The molecule has 1 nitrogen and oxygen atoms in total. The van der Waals surface area contributed by atoms with Crippen molar-refractivity contribution in [3.63, 3.8) is 0 Å². The second kappa shape index (κ2) is 8.77. The van der Waals surface area contributed by atoms with Crippen molar-refractivity contribution < 1.29 is 4.74 Å². The number of methoxy groups -OCH3 is 1. The van der Waals surface area contributed by atoms with Crippen LogP contribution in [0.4, 0.5) is 0 Å². The van der Waals surface area contributed by atoms with Gasteiger partial charge in [0.2, 0.25) is 0 Å². The minimum absolute atomic E-state index is 0.709. The zero-order valence-electron chi connectivity index (χ0n) is 11.0. The topological polar surface area (TPSA) is 9.23 Å². The van der Waals surface area contributed by atoms with Gasteiger partial charge in [-0.25, -0.2) is 0 Å². The average Bonchev–Trinajstić information content (AvgIpc) is 2.58. The molecular weight excluding hydrogens is 232 g/mol. The Labute approximate surface area is 111 Å². The third-order valence-electron chi connectivity index (χ3n) is 3.49. The van der Waals surface area contributed by atoms with E-state index in [1.807, 2.05) is 0 Å². The fourth-order valence-corrected chi connectivity index (χ4v) is 2.58. The largest absolute Gasteiger partial charge is 0.384 e. The standard InChI is InChI=1S/C15H25ClO/c1-13(9-10-17-2)7-8-14-5-3-4-6-15(11-14)12-16/h11,14H,1,3-10,12H2,2H3. The van der Waals surface area contributed by atoms with Gasteiger partial charge in [0.05, 0.1) is 0 Å². The molecule has 0 aliphatic heterocycles. The highest BCUT2D eigenvalue weighted by Gasteiger charge is 2.11. The summed E-state index contributed by atoms with van der Waals surface area (Å²) < 4.78 is 5.07. The van der Waals surface area contributed by atoms with Gasteiger partial charge in [-0.3, -0.25) is 0 Å². The van der Waals surface area contributed by atoms with Crippen LogP contribution in [-0.2, 0) is 4.74 Å². The highest BCUT2D eigenvalue weighted by molar-refractivity contribution is 6.19. The van der Waals surface area contributed by atoms with Gasteiger partial charge in [-0.2, -0.15) is 0 Å². The Morgan fingerprint density at radius 1 is 1.47 bits per heavy atom. The molecule has 98 valence electrons. The molecule has 0 aromatic carbocycles. The van der Waals surface area contributed by atoms with E-state index in [1.165, 1.54) is 43.3 Å². The van der Waals surface area contributed by atoms with Crippen molar-refractivity contribution in [3.05, 3.63) is 23.8 Å². The van der Waals surface area contributed by atoms with Gasteiger partial charge < -0.3 is 4.74 Å². The second-order valence-corrected chi connectivity index (χ2v) is 5.26. The summed E-state index contributed by atoms with van der Waals surface area (Å²) in [5.74, 6) is 1.42. The van der Waals surface area contributed by atoms with E-state index in [0.717, 1.165) is 19.4 Å². The molecular formula is C15H25ClO. The lowest BCUT2D eigenvalue weighted by molar-refractivity contribution is 0.201. The van der Waals surface area contributed by atoms with Crippen molar-refractivity contribution in [2.45, 2.75) is 44.9 Å². The minimum atomic E-state index is 0.709. The van der Waals surface area contributed by atoms with Crippen LogP contribution >= 0.6 is 11.6 Å². The lowest BCUT2D eigenvalue weighted by Crippen LogP contribution is -1.99. The molecule has 0 heterocycles. The van der Waals surface area contributed by atoms with E-state index < -0.39 is 0 Å². The van der Waals surface area contributed by atoms with Gasteiger partial charge in [-0.15, -0.1) is 11.6 Å². The molecule has 0 fully saturated rings. The first-order valence-corrected chi connectivity index (χ1v) is 7.20. The van der Waals surface area contributed by atoms with Crippen molar-refractivity contribution in [1.29, 1.82) is 0 Å². The molecule has 0 bridgehead atoms. The molecule has 0 saturated carbocycles. The maximum Gasteiger partial charge on any atom is 0.0499 e. The molecule has 0 N–H and O–H groups in total. The molecule has 17 heavy (non-hydrogen) atoms. The minimum Gasteiger partial charge on any atom is -0.384 e. The number of allylic oxidation sites excluding steroid dienone is 2. The van der Waals surface area contributed by atoms with Crippen LogP contribution in [0.3, 0.4) is 0 Å². The monoisotopic (exact) mass is 256 g/mol. The van der Waals surface area contributed by atoms with Crippen LogP contribution in [0, 0.1) is 5.92 Å². The maximum atomic E-state index is 5.95. The van der Waals surface area contributed by atoms with Crippen molar-refractivity contribution in [1.82, 2.24) is 0 Å². The molecule has 1 atom stereocenters. The van der Waals surface area contributed by atoms with Crippen LogP contribution in [0.2, 0.25) is 0 Å². The number of ether oxygens (including phenoxy) is 1. The van der Waals surface area contributed by atoms with Gasteiger partial charge in [-0.1, -0.05) is 30.2 Å². The van der Waals surface area contributed by atoms with Crippen LogP contribution in [-0.4, -0.2) is 19.6 Å². The highest BCUT2D eigenvalue weighted by atomic mass is 35.5. The molecule has 0 aromatic heterocycles. The first-order chi connectivity index (χ1) is 8.26. The number of alkyl halides is 1. The van der Waals surface area contributed by atoms with Crippen LogP contribution in [0.1, 0.15) is 44.9 Å². The molecule has 0 spiro atoms. The number of hydrogen-bond acceptors (Lipinski definition) is 1. The van der Waals surface area contributed by atoms with Gasteiger partial charge in [0.25, 0.3) is 0 Å². The summed E-state index contributed by atoms with van der Waals surface area (Å²) in [6.45, 7) is 4.91. The van der Waals surface area contributed by atoms with E-state index in [0.29, 0.717) is 11.8 Å². The molecule has 0 saturated heterocycles. The zero-order valence-corrected chi connectivity index (χ0v) is 11.8. The summed E-state index contributed by atoms with van der Waals surface area (Å²) >= 11 is 5.95. The fraction of sp³-hybridized carbons (Fsp3) is 0.733. The first kappa shape index (κ1) is 14.8. The zero-order chi connectivity index (χ0) is 12.5. The van der Waals surface area contributed by atoms with Crippen molar-refractivity contribution >= 4 is 11.6 Å². The number of halogens is 1. The van der Waals surface area contributed by atoms with Crippen molar-refractivity contribution in [3.8, 4) is 0 Å². The Bertz CT molecular complexity index is 258. The quantitative estimate of drug-likeness (QED) is 0.473. The van der Waals surface area contributed by atoms with E-state index in [1.54, 1.807) is 7.11 Å². The van der Waals surface area contributed by atoms with E-state index in [-0.39, 0.29) is 0 Å². The predicted octanol–water partition coefficient (Wildman–Crippen LogP) is 4.71. The molecule has 1 rings (SSSR count). The molecule has 1 aliphatic rings. The number of hydrogen-bond donors (Lipinski definition) is 0. The summed E-state index contributed by atoms with van der Waals surface area (Å²) in [7, 11) is 1.74. The third kappa shape index (κ3) is 6.28. The van der Waals surface area contributed by atoms with E-state index in [2.05, 4.69) is 12.7 Å². The maximum absolute atomic E-state index is 5.95. The van der Waals surface area contributed by atoms with Gasteiger partial charge >= 0.3 is 0 Å². The van der Waals surface area contributed by atoms with Crippen molar-refractivity contribution in [2.24, 2.45) is 5.92 Å². The fourth-order valence-electron chi connectivity index (χ4n) is 2.36. The summed E-state index contributed by atoms with van der Waals surface area (Å²) in [5.41, 5.74) is 2.76. The first-order valence-electron chi connectivity index (χ1n) is 6.67. The number of rotatable bonds is 7. The van der Waals surface area contributed by atoms with Crippen LogP contribution in [0.5, 0.6) is 0 Å². The Morgan fingerprint density at radius 2 is 2.29 bits per heavy atom. The molecule has 0 radical (unpaired) electrons. The second-order valence-electron chi connectivity index (χ2n) is 5.00. The van der Waals surface area contributed by atoms with Gasteiger partial charge in [0.15, 0.2) is 0 Å². The molecule has 1 aliphatic carbocycles.